The molecule has 26 heavy (non-hydrogen) atoms. The fraction of sp³-hybridized carbons (Fsp3) is 0.368. The van der Waals surface area contributed by atoms with Gasteiger partial charge in [-0.05, 0) is 18.1 Å². The van der Waals surface area contributed by atoms with E-state index in [0.29, 0.717) is 10.7 Å². The number of halogens is 1. The molecule has 0 bridgehead atoms. The SMILES string of the molecule is O[C@H](c1ccccc1)c1cc2n(n1)CCCN(CCn1cc(Cl)cn1)C2. The van der Waals surface area contributed by atoms with Crippen molar-refractivity contribution in [1.82, 2.24) is 24.5 Å². The van der Waals surface area contributed by atoms with Crippen molar-refractivity contribution >= 4 is 11.6 Å². The fourth-order valence-corrected chi connectivity index (χ4v) is 3.54. The summed E-state index contributed by atoms with van der Waals surface area (Å²) < 4.78 is 3.90. The predicted molar refractivity (Wildman–Crippen MR) is 99.9 cm³/mol. The Kier molecular flexibility index (Phi) is 5.06. The first-order valence-electron chi connectivity index (χ1n) is 8.89. The zero-order chi connectivity index (χ0) is 17.9. The van der Waals surface area contributed by atoms with Gasteiger partial charge in [0.25, 0.3) is 0 Å². The van der Waals surface area contributed by atoms with Gasteiger partial charge in [-0.15, -0.1) is 0 Å². The van der Waals surface area contributed by atoms with Gasteiger partial charge in [-0.2, -0.15) is 10.2 Å². The normalized spacial score (nSPS) is 16.2. The maximum Gasteiger partial charge on any atom is 0.123 e. The van der Waals surface area contributed by atoms with Gasteiger partial charge < -0.3 is 5.11 Å². The monoisotopic (exact) mass is 371 g/mol. The van der Waals surface area contributed by atoms with Crippen LogP contribution in [-0.2, 0) is 19.6 Å². The van der Waals surface area contributed by atoms with E-state index in [1.807, 2.05) is 52.0 Å². The molecule has 1 aromatic carbocycles. The molecule has 0 unspecified atom stereocenters. The minimum absolute atomic E-state index is 0.665. The van der Waals surface area contributed by atoms with Gasteiger partial charge in [-0.25, -0.2) is 0 Å². The molecule has 1 N–H and O–H groups in total. The van der Waals surface area contributed by atoms with Crippen molar-refractivity contribution in [2.24, 2.45) is 0 Å². The molecule has 0 fully saturated rings. The molecule has 0 radical (unpaired) electrons. The van der Waals surface area contributed by atoms with E-state index in [1.165, 1.54) is 0 Å². The summed E-state index contributed by atoms with van der Waals surface area (Å²) in [7, 11) is 0. The van der Waals surface area contributed by atoms with E-state index in [4.69, 9.17) is 11.6 Å². The largest absolute Gasteiger partial charge is 0.382 e. The molecule has 1 aliphatic rings. The lowest BCUT2D eigenvalue weighted by Crippen LogP contribution is -2.27. The van der Waals surface area contributed by atoms with Crippen LogP contribution < -0.4 is 0 Å². The number of aromatic nitrogens is 4. The quantitative estimate of drug-likeness (QED) is 0.749. The highest BCUT2D eigenvalue weighted by atomic mass is 35.5. The first-order valence-corrected chi connectivity index (χ1v) is 9.27. The fourth-order valence-electron chi connectivity index (χ4n) is 3.39. The Morgan fingerprint density at radius 2 is 2.00 bits per heavy atom. The van der Waals surface area contributed by atoms with Crippen molar-refractivity contribution in [1.29, 1.82) is 0 Å². The van der Waals surface area contributed by atoms with Crippen LogP contribution in [-0.4, -0.2) is 42.7 Å². The highest BCUT2D eigenvalue weighted by Crippen LogP contribution is 2.23. The van der Waals surface area contributed by atoms with Gasteiger partial charge in [0.2, 0.25) is 0 Å². The Balaban J connectivity index is 1.45. The molecule has 6 nitrogen and oxygen atoms in total. The van der Waals surface area contributed by atoms with Gasteiger partial charge in [0, 0.05) is 32.4 Å². The van der Waals surface area contributed by atoms with Crippen molar-refractivity contribution in [2.45, 2.75) is 32.2 Å². The molecule has 0 amide bonds. The van der Waals surface area contributed by atoms with Crippen molar-refractivity contribution in [3.63, 3.8) is 0 Å². The van der Waals surface area contributed by atoms with E-state index < -0.39 is 6.10 Å². The lowest BCUT2D eigenvalue weighted by Gasteiger charge is -2.19. The molecular formula is C19H22ClN5O. The Bertz CT molecular complexity index is 860. The number of hydrogen-bond acceptors (Lipinski definition) is 4. The van der Waals surface area contributed by atoms with Gasteiger partial charge >= 0.3 is 0 Å². The van der Waals surface area contributed by atoms with E-state index in [2.05, 4.69) is 15.1 Å². The van der Waals surface area contributed by atoms with Gasteiger partial charge in [0.15, 0.2) is 0 Å². The molecule has 3 heterocycles. The van der Waals surface area contributed by atoms with Gasteiger partial charge in [0.1, 0.15) is 6.10 Å². The van der Waals surface area contributed by atoms with Gasteiger partial charge in [-0.3, -0.25) is 14.3 Å². The maximum absolute atomic E-state index is 10.6. The number of aryl methyl sites for hydroxylation is 1. The second-order valence-electron chi connectivity index (χ2n) is 6.65. The van der Waals surface area contributed by atoms with Crippen LogP contribution in [0.1, 0.15) is 29.5 Å². The average Bonchev–Trinajstić information content (AvgIpc) is 3.21. The molecule has 1 aliphatic heterocycles. The number of rotatable bonds is 5. The molecule has 136 valence electrons. The number of aliphatic hydroxyl groups is 1. The van der Waals surface area contributed by atoms with Crippen LogP contribution in [0.3, 0.4) is 0 Å². The molecule has 0 aliphatic carbocycles. The summed E-state index contributed by atoms with van der Waals surface area (Å²) in [5.74, 6) is 0. The first kappa shape index (κ1) is 17.3. The Morgan fingerprint density at radius 3 is 2.77 bits per heavy atom. The molecule has 0 saturated carbocycles. The highest BCUT2D eigenvalue weighted by Gasteiger charge is 2.20. The van der Waals surface area contributed by atoms with Crippen molar-refractivity contribution < 1.29 is 5.11 Å². The summed E-state index contributed by atoms with van der Waals surface area (Å²) in [6, 6.07) is 11.7. The van der Waals surface area contributed by atoms with Crippen LogP contribution >= 0.6 is 11.6 Å². The third kappa shape index (κ3) is 3.82. The molecule has 2 aromatic heterocycles. The smallest absolute Gasteiger partial charge is 0.123 e. The number of aliphatic hydroxyl groups excluding tert-OH is 1. The Hall–Kier alpha value is -2.15. The van der Waals surface area contributed by atoms with Gasteiger partial charge in [0.05, 0.1) is 29.2 Å². The molecule has 0 spiro atoms. The van der Waals surface area contributed by atoms with E-state index in [-0.39, 0.29) is 0 Å². The van der Waals surface area contributed by atoms with Crippen LogP contribution in [0, 0.1) is 0 Å². The first-order chi connectivity index (χ1) is 12.7. The Morgan fingerprint density at radius 1 is 1.15 bits per heavy atom. The minimum atomic E-state index is -0.685. The molecule has 4 rings (SSSR count). The zero-order valence-electron chi connectivity index (χ0n) is 14.5. The van der Waals surface area contributed by atoms with Gasteiger partial charge in [-0.1, -0.05) is 41.9 Å². The lowest BCUT2D eigenvalue weighted by molar-refractivity contribution is 0.213. The minimum Gasteiger partial charge on any atom is -0.382 e. The number of hydrogen-bond donors (Lipinski definition) is 1. The second-order valence-corrected chi connectivity index (χ2v) is 7.08. The van der Waals surface area contributed by atoms with Crippen LogP contribution in [0.5, 0.6) is 0 Å². The van der Waals surface area contributed by atoms with Crippen molar-refractivity contribution in [3.8, 4) is 0 Å². The topological polar surface area (TPSA) is 59.1 Å². The van der Waals surface area contributed by atoms with Crippen LogP contribution in [0.2, 0.25) is 5.02 Å². The average molecular weight is 372 g/mol. The summed E-state index contributed by atoms with van der Waals surface area (Å²) in [5.41, 5.74) is 2.73. The van der Waals surface area contributed by atoms with Crippen LogP contribution in [0.25, 0.3) is 0 Å². The third-order valence-electron chi connectivity index (χ3n) is 4.75. The van der Waals surface area contributed by atoms with Crippen molar-refractivity contribution in [2.75, 3.05) is 13.1 Å². The van der Waals surface area contributed by atoms with Crippen LogP contribution in [0.4, 0.5) is 0 Å². The molecule has 1 atom stereocenters. The van der Waals surface area contributed by atoms with Crippen LogP contribution in [0.15, 0.2) is 48.8 Å². The second kappa shape index (κ2) is 7.61. The standard InChI is InChI=1S/C19H22ClN5O/c20-16-12-21-24(13-16)10-9-23-7-4-8-25-17(14-23)11-18(22-25)19(26)15-5-2-1-3-6-15/h1-3,5-6,11-13,19,26H,4,7-10,14H2/t19-/m1/s1. The highest BCUT2D eigenvalue weighted by molar-refractivity contribution is 6.30. The summed E-state index contributed by atoms with van der Waals surface area (Å²) >= 11 is 5.93. The maximum atomic E-state index is 10.6. The van der Waals surface area contributed by atoms with E-state index in [0.717, 1.165) is 50.4 Å². The summed E-state index contributed by atoms with van der Waals surface area (Å²) in [6.07, 6.45) is 3.86. The molecular weight excluding hydrogens is 350 g/mol. The number of fused-ring (bicyclic) bond motifs is 1. The van der Waals surface area contributed by atoms with E-state index in [9.17, 15) is 5.11 Å². The van der Waals surface area contributed by atoms with E-state index >= 15 is 0 Å². The predicted octanol–water partition coefficient (Wildman–Crippen LogP) is 2.72. The molecule has 0 saturated heterocycles. The summed E-state index contributed by atoms with van der Waals surface area (Å²) in [5, 5.41) is 20.2. The lowest BCUT2D eigenvalue weighted by atomic mass is 10.1. The molecule has 7 heteroatoms. The third-order valence-corrected chi connectivity index (χ3v) is 4.95. The molecule has 3 aromatic rings. The summed E-state index contributed by atoms with van der Waals surface area (Å²) in [4.78, 5) is 2.40. The number of nitrogens with zero attached hydrogens (tertiary/aromatic N) is 5. The Labute approximate surface area is 157 Å². The van der Waals surface area contributed by atoms with E-state index in [1.54, 1.807) is 6.20 Å². The zero-order valence-corrected chi connectivity index (χ0v) is 15.3. The van der Waals surface area contributed by atoms with Crippen molar-refractivity contribution in [3.05, 3.63) is 70.8 Å². The summed E-state index contributed by atoms with van der Waals surface area (Å²) in [6.45, 7) is 4.43. The number of benzene rings is 1.